The van der Waals surface area contributed by atoms with Crippen molar-refractivity contribution in [1.82, 2.24) is 10.6 Å². The Labute approximate surface area is 121 Å². The summed E-state index contributed by atoms with van der Waals surface area (Å²) < 4.78 is -0.0910. The molecule has 2 amide bonds. The van der Waals surface area contributed by atoms with E-state index in [2.05, 4.69) is 26.6 Å². The highest BCUT2D eigenvalue weighted by Crippen LogP contribution is 2.36. The normalized spacial score (nSPS) is 19.4. The lowest BCUT2D eigenvalue weighted by Crippen LogP contribution is -2.62. The maximum absolute atomic E-state index is 12.2. The number of amides is 2. The second kappa shape index (κ2) is 5.65. The molecular weight excluding hydrogens is 316 g/mol. The molecule has 102 valence electrons. The SMILES string of the molecule is CCCC1(CCC(C)(C)Br)C(=O)NC(=S)NC1=O. The number of thiocarbonyl (C=S) groups is 1. The predicted octanol–water partition coefficient (Wildman–Crippen LogP) is 2.26. The van der Waals surface area contributed by atoms with Crippen LogP contribution in [0.25, 0.3) is 0 Å². The highest BCUT2D eigenvalue weighted by Gasteiger charge is 2.48. The Kier molecular flexibility index (Phi) is 4.89. The lowest BCUT2D eigenvalue weighted by molar-refractivity contribution is -0.144. The molecule has 0 aromatic carbocycles. The van der Waals surface area contributed by atoms with E-state index in [4.69, 9.17) is 12.2 Å². The van der Waals surface area contributed by atoms with E-state index in [0.29, 0.717) is 12.8 Å². The standard InChI is InChI=1S/C12H19BrN2O2S/c1-4-5-12(7-6-11(2,3)13)8(16)14-10(18)15-9(12)17/h4-7H2,1-3H3,(H2,14,15,16,17,18). The summed E-state index contributed by atoms with van der Waals surface area (Å²) in [5.74, 6) is -0.537. The summed E-state index contributed by atoms with van der Waals surface area (Å²) in [6.45, 7) is 6.01. The van der Waals surface area contributed by atoms with Gasteiger partial charge in [0, 0.05) is 4.32 Å². The third-order valence-electron chi connectivity index (χ3n) is 3.15. The number of nitrogens with one attached hydrogen (secondary N) is 2. The van der Waals surface area contributed by atoms with Crippen molar-refractivity contribution in [1.29, 1.82) is 0 Å². The average Bonchev–Trinajstić information content (AvgIpc) is 2.20. The Morgan fingerprint density at radius 2 is 1.72 bits per heavy atom. The number of carbonyl (C=O) groups is 2. The first-order valence-corrected chi connectivity index (χ1v) is 7.27. The first-order chi connectivity index (χ1) is 8.21. The van der Waals surface area contributed by atoms with Crippen molar-refractivity contribution >= 4 is 45.1 Å². The van der Waals surface area contributed by atoms with E-state index in [0.717, 1.165) is 12.8 Å². The van der Waals surface area contributed by atoms with Gasteiger partial charge in [0.05, 0.1) is 0 Å². The van der Waals surface area contributed by atoms with Crippen LogP contribution in [0.5, 0.6) is 0 Å². The zero-order valence-electron chi connectivity index (χ0n) is 10.9. The number of hydrogen-bond acceptors (Lipinski definition) is 3. The van der Waals surface area contributed by atoms with Crippen LogP contribution in [0, 0.1) is 5.41 Å². The zero-order chi connectivity index (χ0) is 14.0. The van der Waals surface area contributed by atoms with Gasteiger partial charge in [0.2, 0.25) is 11.8 Å². The van der Waals surface area contributed by atoms with Crippen molar-refractivity contribution in [3.63, 3.8) is 0 Å². The van der Waals surface area contributed by atoms with Gasteiger partial charge in [-0.3, -0.25) is 9.59 Å². The maximum atomic E-state index is 12.2. The Morgan fingerprint density at radius 3 is 2.11 bits per heavy atom. The number of hydrogen-bond donors (Lipinski definition) is 2. The van der Waals surface area contributed by atoms with Crippen LogP contribution >= 0.6 is 28.1 Å². The van der Waals surface area contributed by atoms with Crippen molar-refractivity contribution in [2.75, 3.05) is 0 Å². The molecule has 1 rings (SSSR count). The van der Waals surface area contributed by atoms with E-state index in [1.54, 1.807) is 0 Å². The Balaban J connectivity index is 2.94. The summed E-state index contributed by atoms with van der Waals surface area (Å²) >= 11 is 8.37. The van der Waals surface area contributed by atoms with Crippen molar-refractivity contribution < 1.29 is 9.59 Å². The van der Waals surface area contributed by atoms with Gasteiger partial charge in [-0.25, -0.2) is 0 Å². The second-order valence-corrected chi connectivity index (χ2v) is 7.84. The highest BCUT2D eigenvalue weighted by atomic mass is 79.9. The van der Waals surface area contributed by atoms with Crippen molar-refractivity contribution in [3.05, 3.63) is 0 Å². The minimum atomic E-state index is -0.984. The van der Waals surface area contributed by atoms with Crippen molar-refractivity contribution in [2.45, 2.75) is 50.8 Å². The molecule has 1 fully saturated rings. The van der Waals surface area contributed by atoms with Gasteiger partial charge in [-0.15, -0.1) is 0 Å². The third-order valence-corrected chi connectivity index (χ3v) is 3.75. The van der Waals surface area contributed by atoms with Crippen LogP contribution in [0.15, 0.2) is 0 Å². The van der Waals surface area contributed by atoms with E-state index in [9.17, 15) is 9.59 Å². The maximum Gasteiger partial charge on any atom is 0.241 e. The number of alkyl halides is 1. The van der Waals surface area contributed by atoms with Crippen LogP contribution in [0.4, 0.5) is 0 Å². The quantitative estimate of drug-likeness (QED) is 0.460. The summed E-state index contributed by atoms with van der Waals surface area (Å²) in [5.41, 5.74) is -0.984. The molecule has 1 aliphatic heterocycles. The van der Waals surface area contributed by atoms with Crippen LogP contribution < -0.4 is 10.6 Å². The molecule has 1 saturated heterocycles. The highest BCUT2D eigenvalue weighted by molar-refractivity contribution is 9.10. The lowest BCUT2D eigenvalue weighted by Gasteiger charge is -2.36. The van der Waals surface area contributed by atoms with Gasteiger partial charge in [0.1, 0.15) is 5.41 Å². The fourth-order valence-corrected chi connectivity index (χ4v) is 2.48. The smallest absolute Gasteiger partial charge is 0.241 e. The Morgan fingerprint density at radius 1 is 1.22 bits per heavy atom. The van der Waals surface area contributed by atoms with Crippen LogP contribution in [-0.4, -0.2) is 21.3 Å². The largest absolute Gasteiger partial charge is 0.302 e. The summed E-state index contributed by atoms with van der Waals surface area (Å²) in [6.07, 6.45) is 2.56. The first kappa shape index (κ1) is 15.6. The molecule has 0 aromatic rings. The van der Waals surface area contributed by atoms with Crippen molar-refractivity contribution in [3.8, 4) is 0 Å². The van der Waals surface area contributed by atoms with Gasteiger partial charge in [-0.05, 0) is 31.5 Å². The fourth-order valence-electron chi connectivity index (χ4n) is 2.10. The van der Waals surface area contributed by atoms with Gasteiger partial charge in [0.15, 0.2) is 5.11 Å². The molecule has 6 heteroatoms. The Hall–Kier alpha value is -0.490. The van der Waals surface area contributed by atoms with Gasteiger partial charge >= 0.3 is 0 Å². The molecule has 0 aliphatic carbocycles. The van der Waals surface area contributed by atoms with Gasteiger partial charge < -0.3 is 10.6 Å². The third kappa shape index (κ3) is 3.51. The van der Waals surface area contributed by atoms with E-state index in [1.165, 1.54) is 0 Å². The molecular formula is C12H19BrN2O2S. The minimum Gasteiger partial charge on any atom is -0.302 e. The van der Waals surface area contributed by atoms with E-state index < -0.39 is 5.41 Å². The van der Waals surface area contributed by atoms with E-state index >= 15 is 0 Å². The number of halogens is 1. The summed E-state index contributed by atoms with van der Waals surface area (Å²) in [6, 6.07) is 0. The molecule has 0 atom stereocenters. The van der Waals surface area contributed by atoms with Crippen LogP contribution in [0.2, 0.25) is 0 Å². The minimum absolute atomic E-state index is 0.0910. The summed E-state index contributed by atoms with van der Waals surface area (Å²) in [7, 11) is 0. The molecule has 4 nitrogen and oxygen atoms in total. The van der Waals surface area contributed by atoms with Crippen LogP contribution in [-0.2, 0) is 9.59 Å². The lowest BCUT2D eigenvalue weighted by atomic mass is 9.75. The predicted molar refractivity (Wildman–Crippen MR) is 78.5 cm³/mol. The topological polar surface area (TPSA) is 58.2 Å². The monoisotopic (exact) mass is 334 g/mol. The molecule has 2 N–H and O–H groups in total. The number of carbonyl (C=O) groups excluding carboxylic acids is 2. The molecule has 0 unspecified atom stereocenters. The number of rotatable bonds is 5. The second-order valence-electron chi connectivity index (χ2n) is 5.29. The van der Waals surface area contributed by atoms with Gasteiger partial charge in [0.25, 0.3) is 0 Å². The van der Waals surface area contributed by atoms with Crippen LogP contribution in [0.1, 0.15) is 46.5 Å². The summed E-state index contributed by atoms with van der Waals surface area (Å²) in [5, 5.41) is 5.24. The molecule has 0 saturated carbocycles. The molecule has 0 radical (unpaired) electrons. The van der Waals surface area contributed by atoms with Gasteiger partial charge in [-0.1, -0.05) is 43.1 Å². The zero-order valence-corrected chi connectivity index (χ0v) is 13.3. The van der Waals surface area contributed by atoms with Crippen molar-refractivity contribution in [2.24, 2.45) is 5.41 Å². The first-order valence-electron chi connectivity index (χ1n) is 6.07. The summed E-state index contributed by atoms with van der Waals surface area (Å²) in [4.78, 5) is 24.3. The molecule has 1 aliphatic rings. The molecule has 0 aromatic heterocycles. The Bertz CT molecular complexity index is 357. The molecule has 0 spiro atoms. The molecule has 18 heavy (non-hydrogen) atoms. The van der Waals surface area contributed by atoms with Gasteiger partial charge in [-0.2, -0.15) is 0 Å². The van der Waals surface area contributed by atoms with E-state index in [1.807, 2.05) is 20.8 Å². The average molecular weight is 335 g/mol. The van der Waals surface area contributed by atoms with Crippen LogP contribution in [0.3, 0.4) is 0 Å². The van der Waals surface area contributed by atoms with E-state index in [-0.39, 0.29) is 21.3 Å². The fraction of sp³-hybridized carbons (Fsp3) is 0.750. The molecule has 0 bridgehead atoms. The molecule has 1 heterocycles.